The van der Waals surface area contributed by atoms with Gasteiger partial charge >= 0.3 is 0 Å². The molecule has 6 nitrogen and oxygen atoms in total. The predicted octanol–water partition coefficient (Wildman–Crippen LogP) is 0.691. The molecule has 2 heterocycles. The third-order valence-electron chi connectivity index (χ3n) is 5.87. The van der Waals surface area contributed by atoms with E-state index in [9.17, 15) is 14.7 Å². The standard InChI is InChI=1S/C18H31N3O3/c1-13(2)17(21-8-4-7-16(21)23)18(24)20-11-9-19(10-12-20)14-5-3-6-15(14)22/h13-15,17,22H,3-12H2,1-2H3/t14-,15-,17+/m0/s1. The van der Waals surface area contributed by atoms with Crippen LogP contribution in [0.15, 0.2) is 0 Å². The minimum Gasteiger partial charge on any atom is -0.391 e. The fraction of sp³-hybridized carbons (Fsp3) is 0.889. The molecule has 3 fully saturated rings. The summed E-state index contributed by atoms with van der Waals surface area (Å²) in [7, 11) is 0. The Kier molecular flexibility index (Phi) is 5.45. The zero-order valence-corrected chi connectivity index (χ0v) is 15.0. The average Bonchev–Trinajstić information content (AvgIpc) is 3.16. The van der Waals surface area contributed by atoms with Crippen molar-refractivity contribution in [1.82, 2.24) is 14.7 Å². The van der Waals surface area contributed by atoms with Crippen molar-refractivity contribution in [1.29, 1.82) is 0 Å². The lowest BCUT2D eigenvalue weighted by Crippen LogP contribution is -2.58. The molecule has 0 unspecified atom stereocenters. The Morgan fingerprint density at radius 3 is 2.29 bits per heavy atom. The number of amides is 2. The van der Waals surface area contributed by atoms with Crippen LogP contribution in [0.25, 0.3) is 0 Å². The Morgan fingerprint density at radius 2 is 1.79 bits per heavy atom. The maximum atomic E-state index is 13.0. The second kappa shape index (κ2) is 7.40. The normalized spacial score (nSPS) is 30.4. The predicted molar refractivity (Wildman–Crippen MR) is 91.4 cm³/mol. The fourth-order valence-corrected chi connectivity index (χ4v) is 4.55. The molecular formula is C18H31N3O3. The van der Waals surface area contributed by atoms with Crippen LogP contribution in [0.5, 0.6) is 0 Å². The number of nitrogens with zero attached hydrogens (tertiary/aromatic N) is 3. The van der Waals surface area contributed by atoms with Crippen molar-refractivity contribution >= 4 is 11.8 Å². The lowest BCUT2D eigenvalue weighted by molar-refractivity contribution is -0.147. The first-order valence-corrected chi connectivity index (χ1v) is 9.49. The van der Waals surface area contributed by atoms with E-state index < -0.39 is 0 Å². The van der Waals surface area contributed by atoms with Crippen molar-refractivity contribution in [3.05, 3.63) is 0 Å². The minimum absolute atomic E-state index is 0.104. The van der Waals surface area contributed by atoms with Gasteiger partial charge in [0, 0.05) is 45.2 Å². The zero-order chi connectivity index (χ0) is 17.3. The van der Waals surface area contributed by atoms with Crippen LogP contribution in [-0.2, 0) is 9.59 Å². The Hall–Kier alpha value is -1.14. The van der Waals surface area contributed by atoms with Crippen molar-refractivity contribution < 1.29 is 14.7 Å². The van der Waals surface area contributed by atoms with Gasteiger partial charge in [-0.3, -0.25) is 14.5 Å². The van der Waals surface area contributed by atoms with Crippen molar-refractivity contribution in [2.24, 2.45) is 5.92 Å². The average molecular weight is 337 g/mol. The van der Waals surface area contributed by atoms with Gasteiger partial charge in [0.1, 0.15) is 6.04 Å². The first kappa shape index (κ1) is 17.7. The second-order valence-corrected chi connectivity index (χ2v) is 7.81. The summed E-state index contributed by atoms with van der Waals surface area (Å²) in [6.07, 6.45) is 4.28. The lowest BCUT2D eigenvalue weighted by Gasteiger charge is -2.41. The number of likely N-dealkylation sites (tertiary alicyclic amines) is 1. The highest BCUT2D eigenvalue weighted by Crippen LogP contribution is 2.26. The summed E-state index contributed by atoms with van der Waals surface area (Å²) in [6.45, 7) is 7.82. The van der Waals surface area contributed by atoms with E-state index in [0.29, 0.717) is 26.1 Å². The third-order valence-corrected chi connectivity index (χ3v) is 5.87. The smallest absolute Gasteiger partial charge is 0.245 e. The van der Waals surface area contributed by atoms with E-state index in [1.807, 2.05) is 18.7 Å². The summed E-state index contributed by atoms with van der Waals surface area (Å²) >= 11 is 0. The van der Waals surface area contributed by atoms with Gasteiger partial charge in [0.05, 0.1) is 6.10 Å². The number of rotatable bonds is 4. The Labute approximate surface area is 144 Å². The first-order valence-electron chi connectivity index (χ1n) is 9.49. The van der Waals surface area contributed by atoms with Crippen LogP contribution >= 0.6 is 0 Å². The van der Waals surface area contributed by atoms with Crippen molar-refractivity contribution in [2.45, 2.75) is 64.1 Å². The molecule has 0 aromatic carbocycles. The van der Waals surface area contributed by atoms with E-state index >= 15 is 0 Å². The molecule has 24 heavy (non-hydrogen) atoms. The molecular weight excluding hydrogens is 306 g/mol. The molecule has 1 saturated carbocycles. The van der Waals surface area contributed by atoms with Crippen LogP contribution in [0.2, 0.25) is 0 Å². The van der Waals surface area contributed by atoms with E-state index in [0.717, 1.165) is 38.8 Å². The quantitative estimate of drug-likeness (QED) is 0.820. The summed E-state index contributed by atoms with van der Waals surface area (Å²) in [4.78, 5) is 31.2. The molecule has 3 atom stereocenters. The third kappa shape index (κ3) is 3.45. The van der Waals surface area contributed by atoms with Crippen LogP contribution in [0.3, 0.4) is 0 Å². The van der Waals surface area contributed by atoms with Gasteiger partial charge in [0.15, 0.2) is 0 Å². The van der Waals surface area contributed by atoms with E-state index in [2.05, 4.69) is 4.90 Å². The van der Waals surface area contributed by atoms with Gasteiger partial charge in [-0.25, -0.2) is 0 Å². The first-order chi connectivity index (χ1) is 11.5. The number of carbonyl (C=O) groups excluding carboxylic acids is 2. The van der Waals surface area contributed by atoms with Crippen molar-refractivity contribution in [3.8, 4) is 0 Å². The highest BCUT2D eigenvalue weighted by atomic mass is 16.3. The molecule has 0 aromatic heterocycles. The molecule has 2 aliphatic heterocycles. The molecule has 1 N–H and O–H groups in total. The zero-order valence-electron chi connectivity index (χ0n) is 15.0. The SMILES string of the molecule is CC(C)[C@H](C(=O)N1CCN([C@H]2CCC[C@@H]2O)CC1)N1CCCC1=O. The molecule has 3 rings (SSSR count). The summed E-state index contributed by atoms with van der Waals surface area (Å²) in [5, 5.41) is 10.1. The van der Waals surface area contributed by atoms with Crippen LogP contribution in [0.4, 0.5) is 0 Å². The van der Waals surface area contributed by atoms with Gasteiger partial charge in [-0.15, -0.1) is 0 Å². The molecule has 0 bridgehead atoms. The van der Waals surface area contributed by atoms with Gasteiger partial charge in [0.25, 0.3) is 0 Å². The largest absolute Gasteiger partial charge is 0.391 e. The van der Waals surface area contributed by atoms with E-state index in [1.54, 1.807) is 4.90 Å². The van der Waals surface area contributed by atoms with Crippen molar-refractivity contribution in [3.63, 3.8) is 0 Å². The van der Waals surface area contributed by atoms with E-state index in [1.165, 1.54) is 0 Å². The number of hydrogen-bond acceptors (Lipinski definition) is 4. The maximum Gasteiger partial charge on any atom is 0.245 e. The van der Waals surface area contributed by atoms with Crippen LogP contribution in [0.1, 0.15) is 46.0 Å². The van der Waals surface area contributed by atoms with E-state index in [-0.39, 0.29) is 35.9 Å². The van der Waals surface area contributed by atoms with Gasteiger partial charge < -0.3 is 14.9 Å². The van der Waals surface area contributed by atoms with Crippen molar-refractivity contribution in [2.75, 3.05) is 32.7 Å². The number of carbonyl (C=O) groups is 2. The number of piperazine rings is 1. The molecule has 1 aliphatic carbocycles. The van der Waals surface area contributed by atoms with E-state index in [4.69, 9.17) is 0 Å². The van der Waals surface area contributed by atoms with Gasteiger partial charge in [0.2, 0.25) is 11.8 Å². The fourth-order valence-electron chi connectivity index (χ4n) is 4.55. The van der Waals surface area contributed by atoms with Gasteiger partial charge in [-0.05, 0) is 31.6 Å². The Bertz CT molecular complexity index is 474. The van der Waals surface area contributed by atoms with Crippen LogP contribution in [-0.4, -0.2) is 82.5 Å². The summed E-state index contributed by atoms with van der Waals surface area (Å²) < 4.78 is 0. The molecule has 0 spiro atoms. The molecule has 3 aliphatic rings. The maximum absolute atomic E-state index is 13.0. The second-order valence-electron chi connectivity index (χ2n) is 7.81. The minimum atomic E-state index is -0.316. The molecule has 2 amide bonds. The Morgan fingerprint density at radius 1 is 1.08 bits per heavy atom. The molecule has 0 aromatic rings. The number of aliphatic hydroxyl groups excluding tert-OH is 1. The van der Waals surface area contributed by atoms with Gasteiger partial charge in [-0.2, -0.15) is 0 Å². The van der Waals surface area contributed by atoms with Crippen LogP contribution in [0, 0.1) is 5.92 Å². The lowest BCUT2D eigenvalue weighted by atomic mass is 10.0. The number of hydrogen-bond donors (Lipinski definition) is 1. The molecule has 2 saturated heterocycles. The molecule has 136 valence electrons. The molecule has 6 heteroatoms. The summed E-state index contributed by atoms with van der Waals surface area (Å²) in [5.74, 6) is 0.357. The highest BCUT2D eigenvalue weighted by molar-refractivity contribution is 5.89. The summed E-state index contributed by atoms with van der Waals surface area (Å²) in [5.41, 5.74) is 0. The van der Waals surface area contributed by atoms with Crippen LogP contribution < -0.4 is 0 Å². The summed E-state index contributed by atoms with van der Waals surface area (Å²) in [6, 6.07) is -0.0491. The van der Waals surface area contributed by atoms with Gasteiger partial charge in [-0.1, -0.05) is 13.8 Å². The highest BCUT2D eigenvalue weighted by Gasteiger charge is 2.39. The molecule has 0 radical (unpaired) electrons. The monoisotopic (exact) mass is 337 g/mol. The topological polar surface area (TPSA) is 64.1 Å². The Balaban J connectivity index is 1.60. The number of aliphatic hydroxyl groups is 1.